The van der Waals surface area contributed by atoms with Gasteiger partial charge in [-0.3, -0.25) is 9.59 Å². The third-order valence-corrected chi connectivity index (χ3v) is 4.70. The van der Waals surface area contributed by atoms with E-state index in [2.05, 4.69) is 20.9 Å². The first kappa shape index (κ1) is 20.8. The van der Waals surface area contributed by atoms with E-state index >= 15 is 0 Å². The average Bonchev–Trinajstić information content (AvgIpc) is 3.09. The van der Waals surface area contributed by atoms with E-state index in [4.69, 9.17) is 10.5 Å². The summed E-state index contributed by atoms with van der Waals surface area (Å²) in [4.78, 5) is 24.8. The fourth-order valence-electron chi connectivity index (χ4n) is 2.86. The number of aryl methyl sites for hydroxylation is 2. The Bertz CT molecular complexity index is 1080. The van der Waals surface area contributed by atoms with Crippen LogP contribution in [0.3, 0.4) is 0 Å². The van der Waals surface area contributed by atoms with Crippen molar-refractivity contribution in [1.29, 1.82) is 0 Å². The second kappa shape index (κ2) is 9.08. The number of nitrogens with zero attached hydrogens (tertiary/aromatic N) is 3. The number of benzene rings is 2. The monoisotopic (exact) mass is 408 g/mol. The van der Waals surface area contributed by atoms with Crippen LogP contribution in [0.5, 0.6) is 5.75 Å². The van der Waals surface area contributed by atoms with Crippen molar-refractivity contribution >= 4 is 23.3 Å². The normalized spacial score (nSPS) is 10.5. The number of nitrogens with one attached hydrogen (secondary N) is 2. The summed E-state index contributed by atoms with van der Waals surface area (Å²) >= 11 is 0. The Labute approximate surface area is 174 Å². The summed E-state index contributed by atoms with van der Waals surface area (Å²) in [5.74, 6) is -0.129. The van der Waals surface area contributed by atoms with Gasteiger partial charge >= 0.3 is 0 Å². The number of rotatable bonds is 7. The first-order valence-corrected chi connectivity index (χ1v) is 9.35. The van der Waals surface area contributed by atoms with Crippen molar-refractivity contribution in [3.05, 3.63) is 64.8 Å². The summed E-state index contributed by atoms with van der Waals surface area (Å²) in [7, 11) is 1.56. The van der Waals surface area contributed by atoms with E-state index in [0.717, 1.165) is 16.7 Å². The van der Waals surface area contributed by atoms with E-state index in [-0.39, 0.29) is 30.5 Å². The predicted molar refractivity (Wildman–Crippen MR) is 113 cm³/mol. The van der Waals surface area contributed by atoms with Gasteiger partial charge in [-0.05, 0) is 43.2 Å². The Kier molecular flexibility index (Phi) is 6.31. The van der Waals surface area contributed by atoms with E-state index < -0.39 is 5.91 Å². The smallest absolute Gasteiger partial charge is 0.275 e. The molecule has 0 unspecified atom stereocenters. The van der Waals surface area contributed by atoms with Crippen LogP contribution in [0.1, 0.15) is 27.2 Å². The molecule has 4 N–H and O–H groups in total. The van der Waals surface area contributed by atoms with Gasteiger partial charge in [0.05, 0.1) is 7.11 Å². The minimum Gasteiger partial charge on any atom is -0.496 e. The number of hydrogen-bond acceptors (Lipinski definition) is 6. The molecule has 9 heteroatoms. The summed E-state index contributed by atoms with van der Waals surface area (Å²) in [6, 6.07) is 13.0. The Morgan fingerprint density at radius 2 is 1.90 bits per heavy atom. The van der Waals surface area contributed by atoms with Crippen molar-refractivity contribution in [3.8, 4) is 5.75 Å². The minimum atomic E-state index is -0.487. The lowest BCUT2D eigenvalue weighted by atomic mass is 10.1. The van der Waals surface area contributed by atoms with Gasteiger partial charge in [-0.25, -0.2) is 4.68 Å². The summed E-state index contributed by atoms with van der Waals surface area (Å²) in [5, 5.41) is 13.2. The van der Waals surface area contributed by atoms with Crippen LogP contribution < -0.4 is 21.1 Å². The maximum atomic E-state index is 12.4. The Hall–Kier alpha value is -3.88. The van der Waals surface area contributed by atoms with Crippen LogP contribution in [-0.2, 0) is 17.9 Å². The molecule has 1 aromatic heterocycles. The van der Waals surface area contributed by atoms with Gasteiger partial charge in [0.25, 0.3) is 5.91 Å². The predicted octanol–water partition coefficient (Wildman–Crippen LogP) is 2.05. The zero-order valence-electron chi connectivity index (χ0n) is 17.1. The molecule has 0 saturated carbocycles. The number of hydrogen-bond donors (Lipinski definition) is 3. The summed E-state index contributed by atoms with van der Waals surface area (Å²) in [6.45, 7) is 4.04. The lowest BCUT2D eigenvalue weighted by Gasteiger charge is -2.09. The van der Waals surface area contributed by atoms with Crippen LogP contribution in [-0.4, -0.2) is 33.9 Å². The number of carbonyl (C=O) groups excluding carboxylic acids is 2. The summed E-state index contributed by atoms with van der Waals surface area (Å²) in [5.41, 5.74) is 9.65. The standard InChI is InChI=1S/C21H24N6O3/c1-13-8-9-16(10-14(13)2)24-18(28)12-27-20(22)19(25-26-27)21(29)23-11-15-6-4-5-7-17(15)30-3/h4-10H,11-12,22H2,1-3H3,(H,23,29)(H,24,28). The zero-order chi connectivity index (χ0) is 21.7. The van der Waals surface area contributed by atoms with Gasteiger partial charge in [-0.2, -0.15) is 0 Å². The van der Waals surface area contributed by atoms with Crippen LogP contribution in [0.2, 0.25) is 0 Å². The van der Waals surface area contributed by atoms with Gasteiger partial charge in [-0.1, -0.05) is 29.5 Å². The molecule has 0 fully saturated rings. The third-order valence-electron chi connectivity index (χ3n) is 4.70. The molecule has 0 bridgehead atoms. The number of nitrogens with two attached hydrogens (primary N) is 1. The van der Waals surface area contributed by atoms with Crippen molar-refractivity contribution in [2.24, 2.45) is 0 Å². The molecule has 9 nitrogen and oxygen atoms in total. The van der Waals surface area contributed by atoms with Crippen LogP contribution in [0, 0.1) is 13.8 Å². The van der Waals surface area contributed by atoms with E-state index in [0.29, 0.717) is 11.4 Å². The van der Waals surface area contributed by atoms with Crippen LogP contribution in [0.25, 0.3) is 0 Å². The van der Waals surface area contributed by atoms with Gasteiger partial charge in [0.2, 0.25) is 5.91 Å². The number of carbonyl (C=O) groups is 2. The summed E-state index contributed by atoms with van der Waals surface area (Å²) in [6.07, 6.45) is 0. The molecule has 0 aliphatic carbocycles. The van der Waals surface area contributed by atoms with Crippen molar-refractivity contribution in [3.63, 3.8) is 0 Å². The highest BCUT2D eigenvalue weighted by Crippen LogP contribution is 2.17. The van der Waals surface area contributed by atoms with Gasteiger partial charge < -0.3 is 21.1 Å². The maximum absolute atomic E-state index is 12.4. The maximum Gasteiger partial charge on any atom is 0.275 e. The van der Waals surface area contributed by atoms with Crippen molar-refractivity contribution in [2.75, 3.05) is 18.2 Å². The number of amides is 2. The molecule has 0 aliphatic rings. The fourth-order valence-corrected chi connectivity index (χ4v) is 2.86. The molecule has 3 rings (SSSR count). The molecule has 1 heterocycles. The molecule has 30 heavy (non-hydrogen) atoms. The van der Waals surface area contributed by atoms with E-state index in [1.54, 1.807) is 13.2 Å². The van der Waals surface area contributed by atoms with Crippen LogP contribution >= 0.6 is 0 Å². The molecule has 2 amide bonds. The average molecular weight is 408 g/mol. The van der Waals surface area contributed by atoms with Crippen molar-refractivity contribution in [1.82, 2.24) is 20.3 Å². The Balaban J connectivity index is 1.62. The summed E-state index contributed by atoms with van der Waals surface area (Å²) < 4.78 is 6.45. The first-order chi connectivity index (χ1) is 14.4. The lowest BCUT2D eigenvalue weighted by Crippen LogP contribution is -2.25. The van der Waals surface area contributed by atoms with E-state index in [1.807, 2.05) is 50.2 Å². The molecule has 156 valence electrons. The Morgan fingerprint density at radius 3 is 2.63 bits per heavy atom. The van der Waals surface area contributed by atoms with Gasteiger partial charge in [0, 0.05) is 17.8 Å². The molecule has 0 aliphatic heterocycles. The van der Waals surface area contributed by atoms with Crippen LogP contribution in [0.15, 0.2) is 42.5 Å². The van der Waals surface area contributed by atoms with Crippen molar-refractivity contribution in [2.45, 2.75) is 26.9 Å². The molecular weight excluding hydrogens is 384 g/mol. The first-order valence-electron chi connectivity index (χ1n) is 9.35. The van der Waals surface area contributed by atoms with Gasteiger partial charge in [0.15, 0.2) is 11.5 Å². The molecular formula is C21H24N6O3. The SMILES string of the molecule is COc1ccccc1CNC(=O)c1nnn(CC(=O)Nc2ccc(C)c(C)c2)c1N. The topological polar surface area (TPSA) is 124 Å². The fraction of sp³-hybridized carbons (Fsp3) is 0.238. The van der Waals surface area contributed by atoms with E-state index in [1.165, 1.54) is 4.68 Å². The highest BCUT2D eigenvalue weighted by atomic mass is 16.5. The second-order valence-corrected chi connectivity index (χ2v) is 6.82. The lowest BCUT2D eigenvalue weighted by molar-refractivity contribution is -0.116. The quantitative estimate of drug-likeness (QED) is 0.550. The largest absolute Gasteiger partial charge is 0.496 e. The third kappa shape index (κ3) is 4.75. The minimum absolute atomic E-state index is 0.0164. The van der Waals surface area contributed by atoms with Gasteiger partial charge in [0.1, 0.15) is 12.3 Å². The van der Waals surface area contributed by atoms with Crippen molar-refractivity contribution < 1.29 is 14.3 Å². The molecule has 0 atom stereocenters. The highest BCUT2D eigenvalue weighted by Gasteiger charge is 2.19. The number of aromatic nitrogens is 3. The highest BCUT2D eigenvalue weighted by molar-refractivity contribution is 5.97. The second-order valence-electron chi connectivity index (χ2n) is 6.82. The van der Waals surface area contributed by atoms with Gasteiger partial charge in [-0.15, -0.1) is 5.10 Å². The molecule has 0 radical (unpaired) electrons. The van der Waals surface area contributed by atoms with E-state index in [9.17, 15) is 9.59 Å². The molecule has 0 saturated heterocycles. The number of anilines is 2. The number of methoxy groups -OCH3 is 1. The number of ether oxygens (including phenoxy) is 1. The zero-order valence-corrected chi connectivity index (χ0v) is 17.1. The number of para-hydroxylation sites is 1. The number of nitrogen functional groups attached to an aromatic ring is 1. The molecule has 3 aromatic rings. The molecule has 2 aromatic carbocycles. The van der Waals surface area contributed by atoms with Crippen LogP contribution in [0.4, 0.5) is 11.5 Å². The molecule has 0 spiro atoms. The Morgan fingerprint density at radius 1 is 1.13 bits per heavy atom.